The number of Topliss-reactive ketones (excluding diaryl/α,β-unsaturated/α-hetero) is 1. The van der Waals surface area contributed by atoms with Gasteiger partial charge in [-0.25, -0.2) is 4.68 Å². The van der Waals surface area contributed by atoms with Crippen LogP contribution in [0.25, 0.3) is 17.1 Å². The molecule has 166 valence electrons. The number of hydrogen-bond donors (Lipinski definition) is 0. The molecule has 0 unspecified atom stereocenters. The lowest BCUT2D eigenvalue weighted by atomic mass is 10.1. The molecule has 0 saturated heterocycles. The zero-order chi connectivity index (χ0) is 22.6. The third kappa shape index (κ3) is 4.70. The van der Waals surface area contributed by atoms with Crippen LogP contribution in [0.3, 0.4) is 0 Å². The maximum absolute atomic E-state index is 12.4. The molecule has 0 atom stereocenters. The molecule has 3 aromatic carbocycles. The van der Waals surface area contributed by atoms with E-state index in [9.17, 15) is 4.79 Å². The van der Waals surface area contributed by atoms with Gasteiger partial charge in [0.05, 0.1) is 18.6 Å². The van der Waals surface area contributed by atoms with Crippen LogP contribution in [0.2, 0.25) is 0 Å². The Kier molecular flexibility index (Phi) is 5.99. The van der Waals surface area contributed by atoms with Crippen LogP contribution in [0.5, 0.6) is 17.5 Å². The van der Waals surface area contributed by atoms with Crippen LogP contribution in [0, 0.1) is 0 Å². The fraction of sp³-hybridized carbons (Fsp3) is 0.160. The lowest BCUT2D eigenvalue weighted by Gasteiger charge is -2.08. The van der Waals surface area contributed by atoms with Gasteiger partial charge in [-0.3, -0.25) is 4.79 Å². The molecule has 7 nitrogen and oxygen atoms in total. The highest BCUT2D eigenvalue weighted by Gasteiger charge is 2.19. The number of ether oxygens (including phenoxy) is 3. The second kappa shape index (κ2) is 9.38. The first-order chi connectivity index (χ1) is 16.2. The second-order valence-electron chi connectivity index (χ2n) is 7.39. The minimum absolute atomic E-state index is 0.181. The zero-order valence-corrected chi connectivity index (χ0v) is 18.7. The van der Waals surface area contributed by atoms with Gasteiger partial charge in [-0.2, -0.15) is 4.98 Å². The van der Waals surface area contributed by atoms with E-state index in [2.05, 4.69) is 10.1 Å². The Bertz CT molecular complexity index is 1270. The minimum Gasteiger partial charge on any atom is -0.466 e. The summed E-state index contributed by atoms with van der Waals surface area (Å²) in [5.41, 5.74) is 2.59. The average molecular weight is 460 g/mol. The fourth-order valence-corrected chi connectivity index (χ4v) is 4.28. The van der Waals surface area contributed by atoms with E-state index >= 15 is 0 Å². The predicted octanol–water partition coefficient (Wildman–Crippen LogP) is 4.58. The number of carbonyl (C=O) groups is 1. The maximum atomic E-state index is 12.4. The lowest BCUT2D eigenvalue weighted by Crippen LogP contribution is -2.06. The monoisotopic (exact) mass is 459 g/mol. The second-order valence-corrected chi connectivity index (χ2v) is 8.43. The Labute approximate surface area is 195 Å². The minimum atomic E-state index is 0.181. The van der Waals surface area contributed by atoms with E-state index in [4.69, 9.17) is 14.2 Å². The number of nitrogens with zero attached hydrogens (tertiary/aromatic N) is 3. The molecule has 0 bridgehead atoms. The summed E-state index contributed by atoms with van der Waals surface area (Å²) in [6.45, 7) is 0.207. The standard InChI is InChI=1S/C25H21N3O4S/c1-30-25-26-24(18-9-12-22-23(14-18)32-16-31-22)28(27-25)19-10-7-17(8-11-19)13-20(29)15-33-21-5-3-2-4-6-21/h2-12,14H,13,15-16H2,1H3. The Morgan fingerprint density at radius 3 is 2.61 bits per heavy atom. The first-order valence-corrected chi connectivity index (χ1v) is 11.4. The van der Waals surface area contributed by atoms with Gasteiger partial charge in [-0.05, 0) is 48.0 Å². The zero-order valence-electron chi connectivity index (χ0n) is 17.9. The molecule has 0 radical (unpaired) electrons. The number of rotatable bonds is 8. The summed E-state index contributed by atoms with van der Waals surface area (Å²) >= 11 is 1.56. The molecule has 2 heterocycles. The maximum Gasteiger partial charge on any atom is 0.336 e. The van der Waals surface area contributed by atoms with Gasteiger partial charge in [0.25, 0.3) is 0 Å². The molecule has 5 rings (SSSR count). The van der Waals surface area contributed by atoms with E-state index in [-0.39, 0.29) is 18.6 Å². The van der Waals surface area contributed by atoms with Gasteiger partial charge >= 0.3 is 6.01 Å². The lowest BCUT2D eigenvalue weighted by molar-refractivity contribution is -0.116. The van der Waals surface area contributed by atoms with Crippen LogP contribution < -0.4 is 14.2 Å². The van der Waals surface area contributed by atoms with E-state index < -0.39 is 0 Å². The summed E-state index contributed by atoms with van der Waals surface area (Å²) in [4.78, 5) is 18.0. The topological polar surface area (TPSA) is 75.5 Å². The molecular formula is C25H21N3O4S. The normalized spacial score (nSPS) is 12.0. The number of ketones is 1. The highest BCUT2D eigenvalue weighted by Crippen LogP contribution is 2.36. The van der Waals surface area contributed by atoms with Crippen molar-refractivity contribution >= 4 is 17.5 Å². The largest absolute Gasteiger partial charge is 0.466 e. The van der Waals surface area contributed by atoms with Crippen LogP contribution >= 0.6 is 11.8 Å². The van der Waals surface area contributed by atoms with E-state index in [0.29, 0.717) is 29.5 Å². The van der Waals surface area contributed by atoms with Crippen LogP contribution in [-0.2, 0) is 11.2 Å². The van der Waals surface area contributed by atoms with Crippen molar-refractivity contribution in [2.24, 2.45) is 0 Å². The number of methoxy groups -OCH3 is 1. The van der Waals surface area contributed by atoms with Gasteiger partial charge in [0.1, 0.15) is 5.78 Å². The first kappa shape index (κ1) is 21.1. The summed E-state index contributed by atoms with van der Waals surface area (Å²) in [6, 6.07) is 23.6. The van der Waals surface area contributed by atoms with Crippen molar-refractivity contribution in [1.29, 1.82) is 0 Å². The van der Waals surface area contributed by atoms with Gasteiger partial charge in [0, 0.05) is 16.9 Å². The molecule has 1 aromatic heterocycles. The molecule has 33 heavy (non-hydrogen) atoms. The molecule has 0 N–H and O–H groups in total. The Morgan fingerprint density at radius 1 is 1.03 bits per heavy atom. The van der Waals surface area contributed by atoms with Crippen molar-refractivity contribution in [3.05, 3.63) is 78.4 Å². The Hall–Kier alpha value is -3.78. The molecule has 1 aliphatic rings. The van der Waals surface area contributed by atoms with E-state index in [1.54, 1.807) is 16.4 Å². The number of aromatic nitrogens is 3. The molecule has 0 fully saturated rings. The van der Waals surface area contributed by atoms with E-state index in [1.165, 1.54) is 7.11 Å². The number of benzene rings is 3. The number of hydrogen-bond acceptors (Lipinski definition) is 7. The van der Waals surface area contributed by atoms with Crippen LogP contribution in [0.4, 0.5) is 0 Å². The Morgan fingerprint density at radius 2 is 1.82 bits per heavy atom. The van der Waals surface area contributed by atoms with Crippen LogP contribution in [0.15, 0.2) is 77.7 Å². The Balaban J connectivity index is 1.33. The summed E-state index contributed by atoms with van der Waals surface area (Å²) in [5.74, 6) is 2.62. The van der Waals surface area contributed by atoms with Crippen molar-refractivity contribution in [2.45, 2.75) is 11.3 Å². The predicted molar refractivity (Wildman–Crippen MR) is 125 cm³/mol. The number of carbonyl (C=O) groups excluding carboxylic acids is 1. The third-order valence-corrected chi connectivity index (χ3v) is 6.20. The number of fused-ring (bicyclic) bond motifs is 1. The van der Waals surface area contributed by atoms with Crippen molar-refractivity contribution in [3.8, 4) is 34.6 Å². The van der Waals surface area contributed by atoms with E-state index in [0.717, 1.165) is 21.7 Å². The highest BCUT2D eigenvalue weighted by molar-refractivity contribution is 8.00. The van der Waals surface area contributed by atoms with Gasteiger partial charge in [0.15, 0.2) is 17.3 Å². The molecule has 0 saturated carbocycles. The van der Waals surface area contributed by atoms with E-state index in [1.807, 2.05) is 72.8 Å². The van der Waals surface area contributed by atoms with Gasteiger partial charge < -0.3 is 14.2 Å². The molecule has 8 heteroatoms. The van der Waals surface area contributed by atoms with Crippen LogP contribution in [0.1, 0.15) is 5.56 Å². The molecular weight excluding hydrogens is 438 g/mol. The quantitative estimate of drug-likeness (QED) is 0.357. The van der Waals surface area contributed by atoms with Crippen molar-refractivity contribution in [3.63, 3.8) is 0 Å². The van der Waals surface area contributed by atoms with Gasteiger partial charge in [0.2, 0.25) is 6.79 Å². The molecule has 1 aliphatic heterocycles. The van der Waals surface area contributed by atoms with Crippen molar-refractivity contribution in [2.75, 3.05) is 19.7 Å². The summed E-state index contributed by atoms with van der Waals surface area (Å²) in [6.07, 6.45) is 0.385. The summed E-state index contributed by atoms with van der Waals surface area (Å²) < 4.78 is 17.9. The first-order valence-electron chi connectivity index (χ1n) is 10.4. The molecule has 0 amide bonds. The van der Waals surface area contributed by atoms with Crippen molar-refractivity contribution < 1.29 is 19.0 Å². The smallest absolute Gasteiger partial charge is 0.336 e. The van der Waals surface area contributed by atoms with Gasteiger partial charge in [-0.15, -0.1) is 16.9 Å². The fourth-order valence-electron chi connectivity index (χ4n) is 3.50. The van der Waals surface area contributed by atoms with Crippen molar-refractivity contribution in [1.82, 2.24) is 14.8 Å². The average Bonchev–Trinajstić information content (AvgIpc) is 3.50. The summed E-state index contributed by atoms with van der Waals surface area (Å²) in [7, 11) is 1.53. The van der Waals surface area contributed by atoms with Crippen LogP contribution in [-0.4, -0.2) is 40.2 Å². The number of thioether (sulfide) groups is 1. The highest BCUT2D eigenvalue weighted by atomic mass is 32.2. The molecule has 0 spiro atoms. The summed E-state index contributed by atoms with van der Waals surface area (Å²) in [5, 5.41) is 4.46. The van der Waals surface area contributed by atoms with Gasteiger partial charge in [-0.1, -0.05) is 30.3 Å². The third-order valence-electron chi connectivity index (χ3n) is 5.13. The SMILES string of the molecule is COc1nc(-c2ccc3c(c2)OCO3)n(-c2ccc(CC(=O)CSc3ccccc3)cc2)n1. The molecule has 4 aromatic rings. The molecule has 0 aliphatic carbocycles.